The molecular formula is C10H10N2OS. The number of nitrogens with zero attached hydrogens (tertiary/aromatic N) is 1. The lowest BCUT2D eigenvalue weighted by molar-refractivity contribution is 0.416. The van der Waals surface area contributed by atoms with Gasteiger partial charge in [-0.05, 0) is 12.1 Å². The van der Waals surface area contributed by atoms with Crippen molar-refractivity contribution in [3.05, 3.63) is 29.8 Å². The predicted octanol–water partition coefficient (Wildman–Crippen LogP) is 2.40. The van der Waals surface area contributed by atoms with Gasteiger partial charge >= 0.3 is 0 Å². The fourth-order valence-corrected chi connectivity index (χ4v) is 1.84. The number of nitrogen functional groups attached to an aromatic ring is 1. The largest absolute Gasteiger partial charge is 0.496 e. The molecule has 2 N–H and O–H groups in total. The van der Waals surface area contributed by atoms with Gasteiger partial charge in [-0.1, -0.05) is 12.1 Å². The molecule has 72 valence electrons. The lowest BCUT2D eigenvalue weighted by Gasteiger charge is -2.05. The zero-order valence-corrected chi connectivity index (χ0v) is 8.54. The number of anilines is 1. The lowest BCUT2D eigenvalue weighted by atomic mass is 10.1. The van der Waals surface area contributed by atoms with Crippen LogP contribution in [0.3, 0.4) is 0 Å². The van der Waals surface area contributed by atoms with Crippen molar-refractivity contribution in [3.8, 4) is 17.0 Å². The molecule has 0 atom stereocenters. The van der Waals surface area contributed by atoms with Gasteiger partial charge in [0.05, 0.1) is 12.6 Å². The summed E-state index contributed by atoms with van der Waals surface area (Å²) in [5.74, 6) is 0.796. The van der Waals surface area contributed by atoms with Crippen molar-refractivity contribution in [2.75, 3.05) is 12.8 Å². The van der Waals surface area contributed by atoms with E-state index in [9.17, 15) is 0 Å². The highest BCUT2D eigenvalue weighted by Gasteiger charge is 2.09. The summed E-state index contributed by atoms with van der Waals surface area (Å²) in [5, 5.41) is 0.717. The summed E-state index contributed by atoms with van der Waals surface area (Å²) in [7, 11) is 1.64. The Kier molecular flexibility index (Phi) is 2.37. The number of para-hydroxylation sites is 1. The zero-order chi connectivity index (χ0) is 9.97. The van der Waals surface area contributed by atoms with Crippen LogP contribution in [0.2, 0.25) is 0 Å². The van der Waals surface area contributed by atoms with Crippen molar-refractivity contribution < 1.29 is 4.74 Å². The van der Waals surface area contributed by atoms with Crippen LogP contribution < -0.4 is 10.5 Å². The third-order valence-corrected chi connectivity index (χ3v) is 2.62. The van der Waals surface area contributed by atoms with Crippen molar-refractivity contribution in [2.45, 2.75) is 0 Å². The van der Waals surface area contributed by atoms with E-state index in [-0.39, 0.29) is 0 Å². The van der Waals surface area contributed by atoms with Gasteiger partial charge in [-0.15, -0.1) is 11.3 Å². The van der Waals surface area contributed by atoms with E-state index in [2.05, 4.69) is 4.98 Å². The molecule has 4 heteroatoms. The highest BCUT2D eigenvalue weighted by atomic mass is 32.1. The molecule has 0 amide bonds. The van der Waals surface area contributed by atoms with Crippen LogP contribution in [-0.4, -0.2) is 12.1 Å². The maximum absolute atomic E-state index is 5.80. The van der Waals surface area contributed by atoms with Crippen molar-refractivity contribution >= 4 is 16.3 Å². The van der Waals surface area contributed by atoms with E-state index < -0.39 is 0 Å². The van der Waals surface area contributed by atoms with Gasteiger partial charge in [0.1, 0.15) is 16.4 Å². The van der Waals surface area contributed by atoms with E-state index >= 15 is 0 Å². The Bertz CT molecular complexity index is 439. The van der Waals surface area contributed by atoms with Crippen LogP contribution in [0.5, 0.6) is 5.75 Å². The number of benzene rings is 1. The fourth-order valence-electron chi connectivity index (χ4n) is 1.30. The Labute approximate surface area is 86.2 Å². The van der Waals surface area contributed by atoms with Gasteiger partial charge in [-0.2, -0.15) is 0 Å². The molecular weight excluding hydrogens is 196 g/mol. The molecule has 0 aliphatic rings. The summed E-state index contributed by atoms with van der Waals surface area (Å²) in [4.78, 5) is 4.21. The Hall–Kier alpha value is -1.55. The normalized spacial score (nSPS) is 10.1. The summed E-state index contributed by atoms with van der Waals surface area (Å²) in [5.41, 5.74) is 9.27. The van der Waals surface area contributed by atoms with Crippen molar-refractivity contribution in [3.63, 3.8) is 0 Å². The molecule has 3 nitrogen and oxygen atoms in total. The molecule has 0 saturated heterocycles. The topological polar surface area (TPSA) is 48.1 Å². The second-order valence-corrected chi connectivity index (χ2v) is 3.65. The number of ether oxygens (including phenoxy) is 1. The maximum atomic E-state index is 5.80. The second kappa shape index (κ2) is 3.67. The molecule has 0 radical (unpaired) electrons. The zero-order valence-electron chi connectivity index (χ0n) is 7.73. The van der Waals surface area contributed by atoms with E-state index in [0.29, 0.717) is 0 Å². The highest BCUT2D eigenvalue weighted by Crippen LogP contribution is 2.33. The van der Waals surface area contributed by atoms with Gasteiger partial charge in [0, 0.05) is 5.56 Å². The Balaban J connectivity index is 2.56. The predicted molar refractivity (Wildman–Crippen MR) is 58.5 cm³/mol. The first-order chi connectivity index (χ1) is 6.83. The minimum Gasteiger partial charge on any atom is -0.496 e. The summed E-state index contributed by atoms with van der Waals surface area (Å²) in [6, 6.07) is 7.71. The number of nitrogens with two attached hydrogens (primary N) is 1. The quantitative estimate of drug-likeness (QED) is 0.820. The molecule has 1 aromatic carbocycles. The molecule has 0 spiro atoms. The molecule has 0 fully saturated rings. The first kappa shape index (κ1) is 9.02. The van der Waals surface area contributed by atoms with Crippen molar-refractivity contribution in [1.82, 2.24) is 4.98 Å². The van der Waals surface area contributed by atoms with Crippen LogP contribution in [0.15, 0.2) is 29.8 Å². The van der Waals surface area contributed by atoms with Crippen LogP contribution in [0.1, 0.15) is 0 Å². The molecule has 0 aliphatic heterocycles. The van der Waals surface area contributed by atoms with Crippen LogP contribution >= 0.6 is 11.3 Å². The maximum Gasteiger partial charge on any atom is 0.128 e. The smallest absolute Gasteiger partial charge is 0.128 e. The number of rotatable bonds is 2. The fraction of sp³-hybridized carbons (Fsp3) is 0.100. The van der Waals surface area contributed by atoms with E-state index in [1.54, 1.807) is 12.6 Å². The molecule has 0 saturated carbocycles. The first-order valence-corrected chi connectivity index (χ1v) is 5.03. The number of hydrogen-bond acceptors (Lipinski definition) is 4. The van der Waals surface area contributed by atoms with E-state index in [1.807, 2.05) is 24.3 Å². The van der Waals surface area contributed by atoms with E-state index in [1.165, 1.54) is 11.3 Å². The van der Waals surface area contributed by atoms with E-state index in [0.717, 1.165) is 22.0 Å². The summed E-state index contributed by atoms with van der Waals surface area (Å²) < 4.78 is 5.23. The Morgan fingerprint density at radius 3 is 2.79 bits per heavy atom. The number of thiazole rings is 1. The minimum atomic E-state index is 0.717. The van der Waals surface area contributed by atoms with Gasteiger partial charge in [-0.25, -0.2) is 4.98 Å². The highest BCUT2D eigenvalue weighted by molar-refractivity contribution is 7.14. The van der Waals surface area contributed by atoms with Crippen LogP contribution in [-0.2, 0) is 0 Å². The minimum absolute atomic E-state index is 0.717. The first-order valence-electron chi connectivity index (χ1n) is 4.15. The third-order valence-electron chi connectivity index (χ3n) is 1.96. The number of hydrogen-bond donors (Lipinski definition) is 1. The lowest BCUT2D eigenvalue weighted by Crippen LogP contribution is -1.90. The van der Waals surface area contributed by atoms with Crippen molar-refractivity contribution in [1.29, 1.82) is 0 Å². The van der Waals surface area contributed by atoms with Gasteiger partial charge in [0.2, 0.25) is 0 Å². The second-order valence-electron chi connectivity index (χ2n) is 2.77. The average molecular weight is 206 g/mol. The summed E-state index contributed by atoms with van der Waals surface area (Å²) >= 11 is 1.43. The van der Waals surface area contributed by atoms with Crippen LogP contribution in [0.25, 0.3) is 11.3 Å². The monoisotopic (exact) mass is 206 g/mol. The molecule has 2 aromatic rings. The third kappa shape index (κ3) is 1.44. The molecule has 0 bridgehead atoms. The molecule has 2 rings (SSSR count). The van der Waals surface area contributed by atoms with Gasteiger partial charge in [0.15, 0.2) is 0 Å². The molecule has 1 aromatic heterocycles. The Morgan fingerprint density at radius 1 is 1.36 bits per heavy atom. The van der Waals surface area contributed by atoms with Crippen LogP contribution in [0, 0.1) is 0 Å². The van der Waals surface area contributed by atoms with E-state index in [4.69, 9.17) is 10.5 Å². The molecule has 0 unspecified atom stereocenters. The van der Waals surface area contributed by atoms with Crippen LogP contribution in [0.4, 0.5) is 5.00 Å². The Morgan fingerprint density at radius 2 is 2.14 bits per heavy atom. The molecule has 14 heavy (non-hydrogen) atoms. The standard InChI is InChI=1S/C10H10N2OS/c1-13-8-5-3-2-4-7(8)9-10(11)14-6-12-9/h2-6H,11H2,1H3. The van der Waals surface area contributed by atoms with Gasteiger partial charge in [0.25, 0.3) is 0 Å². The van der Waals surface area contributed by atoms with Gasteiger partial charge in [-0.3, -0.25) is 0 Å². The average Bonchev–Trinajstić information content (AvgIpc) is 2.64. The summed E-state index contributed by atoms with van der Waals surface area (Å²) in [6.45, 7) is 0. The van der Waals surface area contributed by atoms with Crippen molar-refractivity contribution in [2.24, 2.45) is 0 Å². The molecule has 0 aliphatic carbocycles. The SMILES string of the molecule is COc1ccccc1-c1ncsc1N. The summed E-state index contributed by atoms with van der Waals surface area (Å²) in [6.07, 6.45) is 0. The number of methoxy groups -OCH3 is 1. The van der Waals surface area contributed by atoms with Gasteiger partial charge < -0.3 is 10.5 Å². The number of aromatic nitrogens is 1. The molecule has 1 heterocycles.